The number of hydrogen-bond donors (Lipinski definition) is 1. The molecule has 1 heterocycles. The molecule has 1 aromatic carbocycles. The molecule has 1 aliphatic heterocycles. The van der Waals surface area contributed by atoms with Gasteiger partial charge >= 0.3 is 0 Å². The van der Waals surface area contributed by atoms with Crippen molar-refractivity contribution in [3.8, 4) is 0 Å². The molecule has 2 N–H and O–H groups in total. The zero-order valence-corrected chi connectivity index (χ0v) is 14.1. The van der Waals surface area contributed by atoms with E-state index in [9.17, 15) is 4.79 Å². The van der Waals surface area contributed by atoms with Crippen molar-refractivity contribution in [2.45, 2.75) is 38.5 Å². The lowest BCUT2D eigenvalue weighted by Crippen LogP contribution is -2.34. The molecule has 0 radical (unpaired) electrons. The molecule has 1 unspecified atom stereocenters. The van der Waals surface area contributed by atoms with Crippen molar-refractivity contribution in [3.63, 3.8) is 0 Å². The van der Waals surface area contributed by atoms with E-state index in [0.717, 1.165) is 25.3 Å². The Morgan fingerprint density at radius 1 is 1.38 bits per heavy atom. The van der Waals surface area contributed by atoms with Gasteiger partial charge < -0.3 is 10.6 Å². The number of aryl methyl sites for hydroxylation is 2. The molecule has 2 rings (SSSR count). The fourth-order valence-corrected chi connectivity index (χ4v) is 3.56. The largest absolute Gasteiger partial charge is 0.342 e. The maximum atomic E-state index is 12.2. The second kappa shape index (κ2) is 6.84. The van der Waals surface area contributed by atoms with Gasteiger partial charge in [0, 0.05) is 30.2 Å². The first kappa shape index (κ1) is 16.4. The van der Waals surface area contributed by atoms with Gasteiger partial charge in [-0.05, 0) is 55.5 Å². The molecule has 1 aromatic rings. The van der Waals surface area contributed by atoms with Gasteiger partial charge in [0.15, 0.2) is 0 Å². The number of likely N-dealkylation sites (tertiary alicyclic amines) is 1. The summed E-state index contributed by atoms with van der Waals surface area (Å²) in [6, 6.07) is 6.48. The number of rotatable bonds is 5. The van der Waals surface area contributed by atoms with Crippen LogP contribution in [-0.4, -0.2) is 36.2 Å². The molecule has 1 aliphatic rings. The molecule has 1 saturated heterocycles. The van der Waals surface area contributed by atoms with Crippen molar-refractivity contribution < 1.29 is 4.79 Å². The molecular weight excluding hydrogens is 280 g/mol. The van der Waals surface area contributed by atoms with Crippen molar-refractivity contribution in [1.29, 1.82) is 0 Å². The zero-order chi connectivity index (χ0) is 15.5. The standard InChI is InChI=1S/C17H26N2OS/c1-13-4-5-15(10-14(13)2)21-9-6-16(20)19-8-7-17(3,11-18)12-19/h4-5,10H,6-9,11-12,18H2,1-3H3. The van der Waals surface area contributed by atoms with E-state index in [0.29, 0.717) is 13.0 Å². The predicted octanol–water partition coefficient (Wildman–Crippen LogP) is 2.98. The average Bonchev–Trinajstić information content (AvgIpc) is 2.86. The summed E-state index contributed by atoms with van der Waals surface area (Å²) in [6.45, 7) is 8.76. The van der Waals surface area contributed by atoms with Crippen LogP contribution >= 0.6 is 11.8 Å². The minimum Gasteiger partial charge on any atom is -0.342 e. The van der Waals surface area contributed by atoms with Crippen molar-refractivity contribution >= 4 is 17.7 Å². The lowest BCUT2D eigenvalue weighted by Gasteiger charge is -2.22. The molecule has 0 spiro atoms. The number of thioether (sulfide) groups is 1. The Labute approximate surface area is 132 Å². The SMILES string of the molecule is Cc1ccc(SCCC(=O)N2CCC(C)(CN)C2)cc1C. The summed E-state index contributed by atoms with van der Waals surface area (Å²) in [6.07, 6.45) is 1.64. The molecule has 21 heavy (non-hydrogen) atoms. The summed E-state index contributed by atoms with van der Waals surface area (Å²) in [7, 11) is 0. The van der Waals surface area contributed by atoms with Crippen LogP contribution in [0.1, 0.15) is 30.9 Å². The third-order valence-electron chi connectivity index (χ3n) is 4.47. The molecule has 0 aromatic heterocycles. The van der Waals surface area contributed by atoms with E-state index in [1.807, 2.05) is 4.90 Å². The van der Waals surface area contributed by atoms with Crippen LogP contribution in [0.5, 0.6) is 0 Å². The summed E-state index contributed by atoms with van der Waals surface area (Å²) in [4.78, 5) is 15.5. The van der Waals surface area contributed by atoms with Gasteiger partial charge in [-0.2, -0.15) is 0 Å². The number of hydrogen-bond acceptors (Lipinski definition) is 3. The van der Waals surface area contributed by atoms with Gasteiger partial charge in [-0.25, -0.2) is 0 Å². The minimum atomic E-state index is 0.122. The first-order valence-corrected chi connectivity index (χ1v) is 8.60. The third kappa shape index (κ3) is 4.24. The molecular formula is C17H26N2OS. The topological polar surface area (TPSA) is 46.3 Å². The lowest BCUT2D eigenvalue weighted by molar-refractivity contribution is -0.130. The maximum Gasteiger partial charge on any atom is 0.223 e. The van der Waals surface area contributed by atoms with Gasteiger partial charge in [0.1, 0.15) is 0 Å². The lowest BCUT2D eigenvalue weighted by atomic mass is 9.90. The van der Waals surface area contributed by atoms with Crippen molar-refractivity contribution in [3.05, 3.63) is 29.3 Å². The Bertz CT molecular complexity index is 518. The van der Waals surface area contributed by atoms with Crippen LogP contribution in [-0.2, 0) is 4.79 Å². The van der Waals surface area contributed by atoms with E-state index in [-0.39, 0.29) is 11.3 Å². The van der Waals surface area contributed by atoms with Gasteiger partial charge in [-0.15, -0.1) is 11.8 Å². The number of carbonyl (C=O) groups excluding carboxylic acids is 1. The van der Waals surface area contributed by atoms with Crippen LogP contribution in [0, 0.1) is 19.3 Å². The second-order valence-corrected chi connectivity index (χ2v) is 7.59. The molecule has 1 atom stereocenters. The van der Waals surface area contributed by atoms with Crippen LogP contribution in [0.25, 0.3) is 0 Å². The van der Waals surface area contributed by atoms with Gasteiger partial charge in [-0.3, -0.25) is 4.79 Å². The number of nitrogens with zero attached hydrogens (tertiary/aromatic N) is 1. The van der Waals surface area contributed by atoms with Crippen LogP contribution < -0.4 is 5.73 Å². The Hall–Kier alpha value is -1.00. The predicted molar refractivity (Wildman–Crippen MR) is 89.6 cm³/mol. The Morgan fingerprint density at radius 2 is 2.14 bits per heavy atom. The van der Waals surface area contributed by atoms with E-state index < -0.39 is 0 Å². The number of nitrogens with two attached hydrogens (primary N) is 1. The summed E-state index contributed by atoms with van der Waals surface area (Å²) in [5.74, 6) is 1.11. The normalized spacial score (nSPS) is 21.8. The number of benzene rings is 1. The van der Waals surface area contributed by atoms with E-state index in [1.54, 1.807) is 11.8 Å². The molecule has 1 amide bonds. The van der Waals surface area contributed by atoms with Crippen molar-refractivity contribution in [1.82, 2.24) is 4.90 Å². The summed E-state index contributed by atoms with van der Waals surface area (Å²) >= 11 is 1.76. The van der Waals surface area contributed by atoms with Crippen LogP contribution in [0.3, 0.4) is 0 Å². The first-order valence-electron chi connectivity index (χ1n) is 7.61. The highest BCUT2D eigenvalue weighted by molar-refractivity contribution is 7.99. The Kier molecular flexibility index (Phi) is 5.33. The average molecular weight is 306 g/mol. The van der Waals surface area contributed by atoms with Gasteiger partial charge in [0.05, 0.1) is 0 Å². The molecule has 0 bridgehead atoms. The van der Waals surface area contributed by atoms with Gasteiger partial charge in [-0.1, -0.05) is 13.0 Å². The second-order valence-electron chi connectivity index (χ2n) is 6.42. The Morgan fingerprint density at radius 3 is 2.76 bits per heavy atom. The highest BCUT2D eigenvalue weighted by Crippen LogP contribution is 2.29. The summed E-state index contributed by atoms with van der Waals surface area (Å²) in [5.41, 5.74) is 8.54. The fraction of sp³-hybridized carbons (Fsp3) is 0.588. The first-order chi connectivity index (χ1) is 9.93. The molecule has 116 valence electrons. The van der Waals surface area contributed by atoms with Crippen molar-refractivity contribution in [2.24, 2.45) is 11.1 Å². The third-order valence-corrected chi connectivity index (χ3v) is 5.46. The molecule has 1 fully saturated rings. The van der Waals surface area contributed by atoms with E-state index in [4.69, 9.17) is 5.73 Å². The zero-order valence-electron chi connectivity index (χ0n) is 13.3. The monoisotopic (exact) mass is 306 g/mol. The van der Waals surface area contributed by atoms with Crippen molar-refractivity contribution in [2.75, 3.05) is 25.4 Å². The van der Waals surface area contributed by atoms with Crippen LogP contribution in [0.15, 0.2) is 23.1 Å². The summed E-state index contributed by atoms with van der Waals surface area (Å²) < 4.78 is 0. The number of carbonyl (C=O) groups is 1. The highest BCUT2D eigenvalue weighted by Gasteiger charge is 2.34. The maximum absolute atomic E-state index is 12.2. The summed E-state index contributed by atoms with van der Waals surface area (Å²) in [5, 5.41) is 0. The van der Waals surface area contributed by atoms with Crippen LogP contribution in [0.2, 0.25) is 0 Å². The minimum absolute atomic E-state index is 0.122. The fourth-order valence-electron chi connectivity index (χ4n) is 2.62. The van der Waals surface area contributed by atoms with Gasteiger partial charge in [0.2, 0.25) is 5.91 Å². The van der Waals surface area contributed by atoms with Gasteiger partial charge in [0.25, 0.3) is 0 Å². The van der Waals surface area contributed by atoms with E-state index in [2.05, 4.69) is 39.0 Å². The quantitative estimate of drug-likeness (QED) is 0.851. The molecule has 0 aliphatic carbocycles. The highest BCUT2D eigenvalue weighted by atomic mass is 32.2. The van der Waals surface area contributed by atoms with E-state index >= 15 is 0 Å². The molecule has 3 nitrogen and oxygen atoms in total. The van der Waals surface area contributed by atoms with E-state index in [1.165, 1.54) is 16.0 Å². The molecule has 0 saturated carbocycles. The smallest absolute Gasteiger partial charge is 0.223 e. The Balaban J connectivity index is 1.78. The molecule has 4 heteroatoms. The van der Waals surface area contributed by atoms with Crippen LogP contribution in [0.4, 0.5) is 0 Å². The number of amides is 1.